The molecule has 0 aliphatic carbocycles. The van der Waals surface area contributed by atoms with E-state index in [1.54, 1.807) is 0 Å². The Hall–Kier alpha value is -2.90. The van der Waals surface area contributed by atoms with Crippen LogP contribution in [-0.4, -0.2) is 21.4 Å². The van der Waals surface area contributed by atoms with Gasteiger partial charge in [-0.2, -0.15) is 5.10 Å². The number of rotatable bonds is 7. The van der Waals surface area contributed by atoms with Crippen LogP contribution < -0.4 is 9.47 Å². The van der Waals surface area contributed by atoms with Crippen molar-refractivity contribution in [2.24, 2.45) is 0 Å². The Balaban J connectivity index is 1.61. The molecule has 0 atom stereocenters. The van der Waals surface area contributed by atoms with Crippen LogP contribution in [0.3, 0.4) is 0 Å². The molecular weight excluding hydrogens is 462 g/mol. The predicted octanol–water partition coefficient (Wildman–Crippen LogP) is 6.34. The molecule has 0 unspecified atom stereocenters. The summed E-state index contributed by atoms with van der Waals surface area (Å²) < 4.78 is 14.9. The molecule has 0 bridgehead atoms. The SMILES string of the molecule is CCOc1ccc(-n2c(-c3cccc(COc4ccccc4Br)c3)n[nH]c2=S)cc1. The number of hydrogen-bond donors (Lipinski definition) is 1. The van der Waals surface area contributed by atoms with Crippen LogP contribution in [0.5, 0.6) is 11.5 Å². The van der Waals surface area contributed by atoms with Crippen molar-refractivity contribution in [3.05, 3.63) is 87.6 Å². The maximum atomic E-state index is 5.95. The zero-order valence-corrected chi connectivity index (χ0v) is 18.7. The topological polar surface area (TPSA) is 52.1 Å². The zero-order chi connectivity index (χ0) is 20.9. The molecule has 0 aliphatic rings. The number of halogens is 1. The monoisotopic (exact) mass is 481 g/mol. The average Bonchev–Trinajstić information content (AvgIpc) is 3.16. The van der Waals surface area contributed by atoms with Crippen LogP contribution in [0.25, 0.3) is 17.1 Å². The van der Waals surface area contributed by atoms with Crippen molar-refractivity contribution in [1.29, 1.82) is 0 Å². The molecule has 0 fully saturated rings. The fourth-order valence-electron chi connectivity index (χ4n) is 3.11. The lowest BCUT2D eigenvalue weighted by Crippen LogP contribution is -2.00. The highest BCUT2D eigenvalue weighted by Crippen LogP contribution is 2.27. The lowest BCUT2D eigenvalue weighted by molar-refractivity contribution is 0.304. The van der Waals surface area contributed by atoms with Crippen molar-refractivity contribution < 1.29 is 9.47 Å². The predicted molar refractivity (Wildman–Crippen MR) is 124 cm³/mol. The molecule has 1 N–H and O–H groups in total. The van der Waals surface area contributed by atoms with Gasteiger partial charge in [0, 0.05) is 5.56 Å². The molecular formula is C23H20BrN3O2S. The molecule has 0 saturated carbocycles. The summed E-state index contributed by atoms with van der Waals surface area (Å²) >= 11 is 9.00. The van der Waals surface area contributed by atoms with E-state index in [0.717, 1.165) is 38.6 Å². The molecule has 0 amide bonds. The van der Waals surface area contributed by atoms with Crippen molar-refractivity contribution >= 4 is 28.1 Å². The molecule has 5 nitrogen and oxygen atoms in total. The first kappa shape index (κ1) is 20.4. The number of para-hydroxylation sites is 1. The van der Waals surface area contributed by atoms with E-state index in [4.69, 9.17) is 21.7 Å². The van der Waals surface area contributed by atoms with Gasteiger partial charge in [-0.05, 0) is 83.1 Å². The van der Waals surface area contributed by atoms with E-state index in [0.29, 0.717) is 18.0 Å². The van der Waals surface area contributed by atoms with Gasteiger partial charge in [-0.25, -0.2) is 0 Å². The van der Waals surface area contributed by atoms with Crippen LogP contribution in [0, 0.1) is 4.77 Å². The molecule has 152 valence electrons. The lowest BCUT2D eigenvalue weighted by atomic mass is 10.1. The van der Waals surface area contributed by atoms with Crippen molar-refractivity contribution in [2.45, 2.75) is 13.5 Å². The summed E-state index contributed by atoms with van der Waals surface area (Å²) in [5.74, 6) is 2.37. The van der Waals surface area contributed by atoms with Gasteiger partial charge in [0.05, 0.1) is 16.8 Å². The Morgan fingerprint density at radius 1 is 1.00 bits per heavy atom. The number of benzene rings is 3. The third-order valence-electron chi connectivity index (χ3n) is 4.49. The number of hydrogen-bond acceptors (Lipinski definition) is 4. The average molecular weight is 482 g/mol. The number of H-pyrrole nitrogens is 1. The number of ether oxygens (including phenoxy) is 2. The van der Waals surface area contributed by atoms with Crippen LogP contribution in [-0.2, 0) is 6.61 Å². The summed E-state index contributed by atoms with van der Waals surface area (Å²) in [4.78, 5) is 0. The van der Waals surface area contributed by atoms with Gasteiger partial charge in [0.2, 0.25) is 0 Å². The van der Waals surface area contributed by atoms with Gasteiger partial charge in [0.1, 0.15) is 18.1 Å². The van der Waals surface area contributed by atoms with Crippen molar-refractivity contribution in [3.63, 3.8) is 0 Å². The number of nitrogens with one attached hydrogen (secondary N) is 1. The Labute approximate surface area is 188 Å². The van der Waals surface area contributed by atoms with Crippen LogP contribution in [0.2, 0.25) is 0 Å². The highest BCUT2D eigenvalue weighted by molar-refractivity contribution is 9.10. The smallest absolute Gasteiger partial charge is 0.200 e. The number of aromatic amines is 1. The molecule has 1 aromatic heterocycles. The first-order valence-electron chi connectivity index (χ1n) is 9.53. The molecule has 30 heavy (non-hydrogen) atoms. The van der Waals surface area contributed by atoms with Gasteiger partial charge in [0.15, 0.2) is 10.6 Å². The van der Waals surface area contributed by atoms with Gasteiger partial charge in [0.25, 0.3) is 0 Å². The normalized spacial score (nSPS) is 10.7. The van der Waals surface area contributed by atoms with E-state index in [1.165, 1.54) is 0 Å². The maximum Gasteiger partial charge on any atom is 0.200 e. The van der Waals surface area contributed by atoms with Crippen LogP contribution in [0.15, 0.2) is 77.3 Å². The maximum absolute atomic E-state index is 5.95. The highest BCUT2D eigenvalue weighted by Gasteiger charge is 2.12. The zero-order valence-electron chi connectivity index (χ0n) is 16.3. The Bertz CT molecular complexity index is 1200. The molecule has 1 heterocycles. The Morgan fingerprint density at radius 2 is 1.80 bits per heavy atom. The Kier molecular flexibility index (Phi) is 6.30. The van der Waals surface area contributed by atoms with Crippen molar-refractivity contribution in [2.75, 3.05) is 6.61 Å². The van der Waals surface area contributed by atoms with Crippen molar-refractivity contribution in [3.8, 4) is 28.6 Å². The number of nitrogens with zero attached hydrogens (tertiary/aromatic N) is 2. The summed E-state index contributed by atoms with van der Waals surface area (Å²) in [6.07, 6.45) is 0. The number of aromatic nitrogens is 3. The quantitative estimate of drug-likeness (QED) is 0.313. The first-order valence-corrected chi connectivity index (χ1v) is 10.7. The van der Waals surface area contributed by atoms with Gasteiger partial charge in [-0.3, -0.25) is 9.67 Å². The second-order valence-electron chi connectivity index (χ2n) is 6.53. The van der Waals surface area contributed by atoms with E-state index in [-0.39, 0.29) is 0 Å². The van der Waals surface area contributed by atoms with E-state index in [2.05, 4.69) is 32.2 Å². The molecule has 0 radical (unpaired) electrons. The molecule has 4 aromatic rings. The fraction of sp³-hybridized carbons (Fsp3) is 0.130. The molecule has 0 saturated heterocycles. The lowest BCUT2D eigenvalue weighted by Gasteiger charge is -2.11. The van der Waals surface area contributed by atoms with E-state index in [9.17, 15) is 0 Å². The summed E-state index contributed by atoms with van der Waals surface area (Å²) in [5.41, 5.74) is 2.90. The van der Waals surface area contributed by atoms with E-state index < -0.39 is 0 Å². The second-order valence-corrected chi connectivity index (χ2v) is 7.78. The first-order chi connectivity index (χ1) is 14.7. The summed E-state index contributed by atoms with van der Waals surface area (Å²) in [7, 11) is 0. The second kappa shape index (κ2) is 9.28. The van der Waals surface area contributed by atoms with Gasteiger partial charge in [-0.1, -0.05) is 30.3 Å². The molecule has 0 aliphatic heterocycles. The highest BCUT2D eigenvalue weighted by atomic mass is 79.9. The standard InChI is InChI=1S/C23H20BrN3O2S/c1-2-28-19-12-10-18(11-13-19)27-22(25-26-23(27)30)17-7-5-6-16(14-17)15-29-21-9-4-3-8-20(21)24/h3-14H,2,15H2,1H3,(H,26,30). The van der Waals surface area contributed by atoms with Gasteiger partial charge >= 0.3 is 0 Å². The summed E-state index contributed by atoms with van der Waals surface area (Å²) in [6, 6.07) is 23.7. The van der Waals surface area contributed by atoms with E-state index in [1.807, 2.05) is 78.2 Å². The van der Waals surface area contributed by atoms with Gasteiger partial charge in [-0.15, -0.1) is 0 Å². The third kappa shape index (κ3) is 4.47. The Morgan fingerprint density at radius 3 is 2.57 bits per heavy atom. The van der Waals surface area contributed by atoms with E-state index >= 15 is 0 Å². The van der Waals surface area contributed by atoms with Crippen LogP contribution in [0.1, 0.15) is 12.5 Å². The molecule has 7 heteroatoms. The third-order valence-corrected chi connectivity index (χ3v) is 5.42. The van der Waals surface area contributed by atoms with Gasteiger partial charge < -0.3 is 9.47 Å². The molecule has 4 rings (SSSR count). The minimum Gasteiger partial charge on any atom is -0.494 e. The largest absolute Gasteiger partial charge is 0.494 e. The van der Waals surface area contributed by atoms with Crippen LogP contribution in [0.4, 0.5) is 0 Å². The van der Waals surface area contributed by atoms with Crippen LogP contribution >= 0.6 is 28.1 Å². The molecule has 3 aromatic carbocycles. The fourth-order valence-corrected chi connectivity index (χ4v) is 3.75. The summed E-state index contributed by atoms with van der Waals surface area (Å²) in [6.45, 7) is 3.04. The molecule has 0 spiro atoms. The summed E-state index contributed by atoms with van der Waals surface area (Å²) in [5, 5.41) is 7.37. The minimum absolute atomic E-state index is 0.449. The van der Waals surface area contributed by atoms with Crippen molar-refractivity contribution in [1.82, 2.24) is 14.8 Å². The minimum atomic E-state index is 0.449.